The van der Waals surface area contributed by atoms with Gasteiger partial charge in [-0.1, -0.05) is 117 Å². The Bertz CT molecular complexity index is 1810. The molecule has 1 aliphatic carbocycles. The number of nitrogens with one attached hydrogen (secondary N) is 1. The lowest BCUT2D eigenvalue weighted by Crippen LogP contribution is -2.55. The van der Waals surface area contributed by atoms with Crippen molar-refractivity contribution in [1.82, 2.24) is 10.2 Å². The van der Waals surface area contributed by atoms with Crippen LogP contribution in [0.1, 0.15) is 74.1 Å². The van der Waals surface area contributed by atoms with Crippen molar-refractivity contribution >= 4 is 39.1 Å². The van der Waals surface area contributed by atoms with Crippen molar-refractivity contribution in [3.8, 4) is 0 Å². The molecule has 0 radical (unpaired) electrons. The van der Waals surface area contributed by atoms with Crippen LogP contribution in [0, 0.1) is 6.92 Å². The number of anilines is 1. The van der Waals surface area contributed by atoms with Gasteiger partial charge in [0.2, 0.25) is 11.8 Å². The van der Waals surface area contributed by atoms with Gasteiger partial charge in [-0.2, -0.15) is 0 Å². The molecular formula is C40H46ClN3O4S. The maximum absolute atomic E-state index is 14.8. The van der Waals surface area contributed by atoms with Crippen LogP contribution in [0.5, 0.6) is 0 Å². The van der Waals surface area contributed by atoms with E-state index in [2.05, 4.69) is 19.2 Å². The number of amides is 2. The molecule has 49 heavy (non-hydrogen) atoms. The molecule has 1 unspecified atom stereocenters. The van der Waals surface area contributed by atoms with Crippen molar-refractivity contribution in [2.45, 2.75) is 88.7 Å². The zero-order valence-corrected chi connectivity index (χ0v) is 30.1. The standard InChI is InChI=1S/C40H46ClN3O4S/c1-29(2)33-19-21-36(22-20-33)44(49(47,48)37-23-17-30(3)18-24-37)28-39(45)43(27-32-13-10-14-34(41)25-32)38(26-31-11-6-4-7-12-31)40(46)42-35-15-8-5-9-16-35/h4,6-7,10-14,17-25,29,35,38H,5,8-9,15-16,26-28H2,1-3H3,(H,42,46). The van der Waals surface area contributed by atoms with Gasteiger partial charge in [0.1, 0.15) is 12.6 Å². The molecule has 2 amide bonds. The minimum absolute atomic E-state index is 0.0283. The first kappa shape index (κ1) is 36.1. The van der Waals surface area contributed by atoms with Crippen LogP contribution in [-0.2, 0) is 32.6 Å². The monoisotopic (exact) mass is 699 g/mol. The van der Waals surface area contributed by atoms with Crippen molar-refractivity contribution in [2.75, 3.05) is 10.8 Å². The molecule has 1 aliphatic rings. The van der Waals surface area contributed by atoms with Gasteiger partial charge in [0.25, 0.3) is 10.0 Å². The Kier molecular flexibility index (Phi) is 12.2. The maximum atomic E-state index is 14.8. The summed E-state index contributed by atoms with van der Waals surface area (Å²) in [5.41, 5.74) is 3.96. The minimum Gasteiger partial charge on any atom is -0.352 e. The quantitative estimate of drug-likeness (QED) is 0.153. The van der Waals surface area contributed by atoms with E-state index in [-0.39, 0.29) is 35.7 Å². The summed E-state index contributed by atoms with van der Waals surface area (Å²) in [4.78, 5) is 30.6. The molecule has 1 saturated carbocycles. The summed E-state index contributed by atoms with van der Waals surface area (Å²) >= 11 is 6.38. The molecule has 0 aliphatic heterocycles. The average Bonchev–Trinajstić information content (AvgIpc) is 3.09. The van der Waals surface area contributed by atoms with Gasteiger partial charge >= 0.3 is 0 Å². The fourth-order valence-electron chi connectivity index (χ4n) is 6.32. The fraction of sp³-hybridized carbons (Fsp3) is 0.350. The molecule has 4 aromatic carbocycles. The molecule has 0 spiro atoms. The third kappa shape index (κ3) is 9.52. The van der Waals surface area contributed by atoms with E-state index in [9.17, 15) is 18.0 Å². The van der Waals surface area contributed by atoms with Gasteiger partial charge in [0.05, 0.1) is 10.6 Å². The predicted octanol–water partition coefficient (Wildman–Crippen LogP) is 8.06. The minimum atomic E-state index is -4.18. The van der Waals surface area contributed by atoms with Crippen molar-refractivity contribution in [1.29, 1.82) is 0 Å². The van der Waals surface area contributed by atoms with Gasteiger partial charge in [0, 0.05) is 24.0 Å². The Morgan fingerprint density at radius 1 is 0.837 bits per heavy atom. The zero-order valence-electron chi connectivity index (χ0n) is 28.5. The molecule has 258 valence electrons. The van der Waals surface area contributed by atoms with Crippen LogP contribution in [0.25, 0.3) is 0 Å². The Morgan fingerprint density at radius 2 is 1.49 bits per heavy atom. The Hall–Kier alpha value is -4.14. The van der Waals surface area contributed by atoms with E-state index in [1.165, 1.54) is 4.90 Å². The normalized spacial score (nSPS) is 14.3. The first-order valence-electron chi connectivity index (χ1n) is 17.1. The van der Waals surface area contributed by atoms with Gasteiger partial charge in [-0.25, -0.2) is 8.42 Å². The summed E-state index contributed by atoms with van der Waals surface area (Å²) in [5, 5.41) is 3.75. The van der Waals surface area contributed by atoms with Crippen LogP contribution in [0.4, 0.5) is 5.69 Å². The Labute approximate surface area is 296 Å². The highest BCUT2D eigenvalue weighted by molar-refractivity contribution is 7.92. The van der Waals surface area contributed by atoms with Gasteiger partial charge in [-0.3, -0.25) is 13.9 Å². The SMILES string of the molecule is Cc1ccc(S(=O)(=O)N(CC(=O)N(Cc2cccc(Cl)c2)C(Cc2ccccc2)C(=O)NC2CCCCC2)c2ccc(C(C)C)cc2)cc1. The number of hydrogen-bond acceptors (Lipinski definition) is 4. The Balaban J connectivity index is 1.57. The van der Waals surface area contributed by atoms with Gasteiger partial charge in [-0.15, -0.1) is 0 Å². The van der Waals surface area contributed by atoms with Crippen LogP contribution in [0.2, 0.25) is 5.02 Å². The molecular weight excluding hydrogens is 654 g/mol. The Morgan fingerprint density at radius 3 is 2.12 bits per heavy atom. The summed E-state index contributed by atoms with van der Waals surface area (Å²) in [5.74, 6) is -0.504. The van der Waals surface area contributed by atoms with Crippen LogP contribution in [-0.4, -0.2) is 43.8 Å². The summed E-state index contributed by atoms with van der Waals surface area (Å²) in [6.07, 6.45) is 5.27. The number of rotatable bonds is 13. The molecule has 5 rings (SSSR count). The van der Waals surface area contributed by atoms with E-state index in [0.717, 1.165) is 58.7 Å². The lowest BCUT2D eigenvalue weighted by molar-refractivity contribution is -0.140. The second-order valence-electron chi connectivity index (χ2n) is 13.3. The van der Waals surface area contributed by atoms with Gasteiger partial charge < -0.3 is 10.2 Å². The van der Waals surface area contributed by atoms with Crippen LogP contribution in [0.3, 0.4) is 0 Å². The lowest BCUT2D eigenvalue weighted by Gasteiger charge is -2.35. The number of sulfonamides is 1. The van der Waals surface area contributed by atoms with Crippen LogP contribution < -0.4 is 9.62 Å². The van der Waals surface area contributed by atoms with E-state index in [1.807, 2.05) is 55.5 Å². The van der Waals surface area contributed by atoms with Gasteiger partial charge in [-0.05, 0) is 78.8 Å². The fourth-order valence-corrected chi connectivity index (χ4v) is 7.95. The number of halogens is 1. The molecule has 1 N–H and O–H groups in total. The summed E-state index contributed by atoms with van der Waals surface area (Å²) in [7, 11) is -4.18. The molecule has 4 aromatic rings. The highest BCUT2D eigenvalue weighted by Crippen LogP contribution is 2.28. The molecule has 9 heteroatoms. The van der Waals surface area contributed by atoms with Crippen molar-refractivity contribution < 1.29 is 18.0 Å². The molecule has 0 aromatic heterocycles. The summed E-state index contributed by atoms with van der Waals surface area (Å²) in [6, 6.07) is 29.8. The third-order valence-electron chi connectivity index (χ3n) is 9.20. The smallest absolute Gasteiger partial charge is 0.264 e. The van der Waals surface area contributed by atoms with Crippen molar-refractivity contribution in [2.24, 2.45) is 0 Å². The largest absolute Gasteiger partial charge is 0.352 e. The predicted molar refractivity (Wildman–Crippen MR) is 197 cm³/mol. The number of nitrogens with zero attached hydrogens (tertiary/aromatic N) is 2. The zero-order chi connectivity index (χ0) is 35.0. The van der Waals surface area contributed by atoms with Gasteiger partial charge in [0.15, 0.2) is 0 Å². The molecule has 1 fully saturated rings. The van der Waals surface area contributed by atoms with E-state index in [0.29, 0.717) is 10.7 Å². The summed E-state index contributed by atoms with van der Waals surface area (Å²) < 4.78 is 29.8. The number of carbonyl (C=O) groups excluding carboxylic acids is 2. The topological polar surface area (TPSA) is 86.8 Å². The number of benzene rings is 4. The number of aryl methyl sites for hydroxylation is 1. The molecule has 0 bridgehead atoms. The van der Waals surface area contributed by atoms with E-state index in [4.69, 9.17) is 11.6 Å². The van der Waals surface area contributed by atoms with E-state index < -0.39 is 28.5 Å². The van der Waals surface area contributed by atoms with Crippen LogP contribution in [0.15, 0.2) is 108 Å². The van der Waals surface area contributed by atoms with E-state index in [1.54, 1.807) is 54.6 Å². The molecule has 0 saturated heterocycles. The molecule has 1 atom stereocenters. The highest BCUT2D eigenvalue weighted by atomic mass is 35.5. The maximum Gasteiger partial charge on any atom is 0.264 e. The van der Waals surface area contributed by atoms with Crippen LogP contribution >= 0.6 is 11.6 Å². The first-order chi connectivity index (χ1) is 23.5. The second-order valence-corrected chi connectivity index (χ2v) is 15.6. The average molecular weight is 700 g/mol. The molecule has 0 heterocycles. The van der Waals surface area contributed by atoms with E-state index >= 15 is 0 Å². The first-order valence-corrected chi connectivity index (χ1v) is 18.9. The number of carbonyl (C=O) groups is 2. The van der Waals surface area contributed by atoms with Crippen molar-refractivity contribution in [3.63, 3.8) is 0 Å². The second kappa shape index (κ2) is 16.5. The summed E-state index contributed by atoms with van der Waals surface area (Å²) in [6.45, 7) is 5.59. The lowest BCUT2D eigenvalue weighted by atomic mass is 9.94. The molecule has 7 nitrogen and oxygen atoms in total. The third-order valence-corrected chi connectivity index (χ3v) is 11.2. The number of hydrogen-bond donors (Lipinski definition) is 1. The van der Waals surface area contributed by atoms with Crippen molar-refractivity contribution in [3.05, 3.63) is 130 Å². The highest BCUT2D eigenvalue weighted by Gasteiger charge is 2.35.